The molecule has 1 N–H and O–H groups in total. The molecule has 0 spiro atoms. The molecular weight excluding hydrogens is 384 g/mol. The number of carbonyl (C=O) groups excluding carboxylic acids is 1. The summed E-state index contributed by atoms with van der Waals surface area (Å²) < 4.78 is 10.9. The van der Waals surface area contributed by atoms with E-state index in [9.17, 15) is 4.79 Å². The highest BCUT2D eigenvalue weighted by atomic mass is 32.2. The standard InChI is InChI=1S/C23H18N2O3S/c1-27-19-13-7-5-11-17(19)22-21(24-15-28-22)23(26)25-18-12-6-8-14-20(18)29-16-9-3-2-4-10-16/h2-15H,1H3,(H,25,26). The zero-order valence-corrected chi connectivity index (χ0v) is 16.5. The Morgan fingerprint density at radius 3 is 2.52 bits per heavy atom. The molecule has 0 saturated carbocycles. The van der Waals surface area contributed by atoms with Crippen molar-refractivity contribution < 1.29 is 13.9 Å². The van der Waals surface area contributed by atoms with Gasteiger partial charge in [-0.1, -0.05) is 54.2 Å². The van der Waals surface area contributed by atoms with Gasteiger partial charge in [0.1, 0.15) is 5.75 Å². The zero-order chi connectivity index (χ0) is 20.1. The van der Waals surface area contributed by atoms with Crippen molar-refractivity contribution in [1.29, 1.82) is 0 Å². The van der Waals surface area contributed by atoms with Gasteiger partial charge in [-0.25, -0.2) is 4.98 Å². The minimum Gasteiger partial charge on any atom is -0.496 e. The largest absolute Gasteiger partial charge is 0.496 e. The van der Waals surface area contributed by atoms with E-state index in [1.165, 1.54) is 6.39 Å². The molecule has 0 atom stereocenters. The van der Waals surface area contributed by atoms with Crippen molar-refractivity contribution in [3.05, 3.63) is 91.0 Å². The molecule has 29 heavy (non-hydrogen) atoms. The Balaban J connectivity index is 1.61. The lowest BCUT2D eigenvalue weighted by atomic mass is 10.1. The Morgan fingerprint density at radius 2 is 1.69 bits per heavy atom. The van der Waals surface area contributed by atoms with E-state index in [2.05, 4.69) is 10.3 Å². The molecule has 6 heteroatoms. The van der Waals surface area contributed by atoms with Crippen molar-refractivity contribution in [2.45, 2.75) is 9.79 Å². The van der Waals surface area contributed by atoms with Crippen LogP contribution in [0.3, 0.4) is 0 Å². The second-order valence-electron chi connectivity index (χ2n) is 6.10. The van der Waals surface area contributed by atoms with E-state index in [0.29, 0.717) is 22.8 Å². The van der Waals surface area contributed by atoms with Crippen LogP contribution in [0.4, 0.5) is 5.69 Å². The normalized spacial score (nSPS) is 10.5. The van der Waals surface area contributed by atoms with Crippen LogP contribution in [-0.4, -0.2) is 18.0 Å². The van der Waals surface area contributed by atoms with E-state index in [4.69, 9.17) is 9.15 Å². The van der Waals surface area contributed by atoms with Gasteiger partial charge in [0.2, 0.25) is 0 Å². The molecule has 0 aliphatic heterocycles. The van der Waals surface area contributed by atoms with E-state index < -0.39 is 0 Å². The molecule has 5 nitrogen and oxygen atoms in total. The van der Waals surface area contributed by atoms with Crippen molar-refractivity contribution in [2.24, 2.45) is 0 Å². The minimum atomic E-state index is -0.347. The average Bonchev–Trinajstić information content (AvgIpc) is 3.26. The van der Waals surface area contributed by atoms with Crippen molar-refractivity contribution in [3.63, 3.8) is 0 Å². The molecule has 4 rings (SSSR count). The van der Waals surface area contributed by atoms with Crippen LogP contribution < -0.4 is 10.1 Å². The fourth-order valence-corrected chi connectivity index (χ4v) is 3.81. The maximum absolute atomic E-state index is 13.0. The number of amides is 1. The summed E-state index contributed by atoms with van der Waals surface area (Å²) in [6.07, 6.45) is 1.27. The average molecular weight is 402 g/mol. The molecule has 0 radical (unpaired) electrons. The maximum atomic E-state index is 13.0. The van der Waals surface area contributed by atoms with Gasteiger partial charge in [-0.15, -0.1) is 0 Å². The van der Waals surface area contributed by atoms with E-state index in [0.717, 1.165) is 9.79 Å². The summed E-state index contributed by atoms with van der Waals surface area (Å²) in [5.41, 5.74) is 1.58. The lowest BCUT2D eigenvalue weighted by Gasteiger charge is -2.11. The Kier molecular flexibility index (Phi) is 5.63. The van der Waals surface area contributed by atoms with Crippen LogP contribution in [-0.2, 0) is 0 Å². The Bertz CT molecular complexity index is 1130. The van der Waals surface area contributed by atoms with Crippen LogP contribution in [0, 0.1) is 0 Å². The fraction of sp³-hybridized carbons (Fsp3) is 0.0435. The number of benzene rings is 3. The Hall–Kier alpha value is -3.51. The number of hydrogen-bond acceptors (Lipinski definition) is 5. The Labute approximate surface area is 172 Å². The number of oxazole rings is 1. The third-order valence-electron chi connectivity index (χ3n) is 4.24. The number of aromatic nitrogens is 1. The molecule has 1 aromatic heterocycles. The molecule has 0 fully saturated rings. The summed E-state index contributed by atoms with van der Waals surface area (Å²) in [6.45, 7) is 0. The number of para-hydroxylation sites is 2. The van der Waals surface area contributed by atoms with Crippen molar-refractivity contribution >= 4 is 23.4 Å². The van der Waals surface area contributed by atoms with Gasteiger partial charge in [0.05, 0.1) is 18.4 Å². The number of nitrogens with one attached hydrogen (secondary N) is 1. The van der Waals surface area contributed by atoms with Crippen molar-refractivity contribution in [2.75, 3.05) is 12.4 Å². The van der Waals surface area contributed by atoms with Gasteiger partial charge in [0, 0.05) is 9.79 Å². The van der Waals surface area contributed by atoms with Gasteiger partial charge in [-0.3, -0.25) is 4.79 Å². The molecule has 3 aromatic carbocycles. The molecular formula is C23H18N2O3S. The number of rotatable bonds is 6. The van der Waals surface area contributed by atoms with Crippen molar-refractivity contribution in [1.82, 2.24) is 4.98 Å². The van der Waals surface area contributed by atoms with Crippen molar-refractivity contribution in [3.8, 4) is 17.1 Å². The van der Waals surface area contributed by atoms with Crippen LogP contribution in [0.25, 0.3) is 11.3 Å². The smallest absolute Gasteiger partial charge is 0.278 e. The summed E-state index contributed by atoms with van der Waals surface area (Å²) in [6, 6.07) is 25.0. The number of hydrogen-bond donors (Lipinski definition) is 1. The topological polar surface area (TPSA) is 64.4 Å². The van der Waals surface area contributed by atoms with Crippen LogP contribution >= 0.6 is 11.8 Å². The third-order valence-corrected chi connectivity index (χ3v) is 5.32. The second-order valence-corrected chi connectivity index (χ2v) is 7.21. The fourth-order valence-electron chi connectivity index (χ4n) is 2.89. The van der Waals surface area contributed by atoms with Gasteiger partial charge in [0.15, 0.2) is 17.8 Å². The van der Waals surface area contributed by atoms with Gasteiger partial charge in [-0.05, 0) is 36.4 Å². The summed E-state index contributed by atoms with van der Waals surface area (Å²) in [5.74, 6) is 0.632. The summed E-state index contributed by atoms with van der Waals surface area (Å²) >= 11 is 1.58. The van der Waals surface area contributed by atoms with Gasteiger partial charge >= 0.3 is 0 Å². The van der Waals surface area contributed by atoms with E-state index in [1.54, 1.807) is 18.9 Å². The lowest BCUT2D eigenvalue weighted by Crippen LogP contribution is -2.14. The van der Waals surface area contributed by atoms with Gasteiger partial charge < -0.3 is 14.5 Å². The number of carbonyl (C=O) groups is 1. The van der Waals surface area contributed by atoms with Crippen LogP contribution in [0.5, 0.6) is 5.75 Å². The second kappa shape index (κ2) is 8.67. The summed E-state index contributed by atoms with van der Waals surface area (Å²) in [5, 5.41) is 2.96. The minimum absolute atomic E-state index is 0.203. The predicted molar refractivity (Wildman–Crippen MR) is 113 cm³/mol. The summed E-state index contributed by atoms with van der Waals surface area (Å²) in [4.78, 5) is 19.2. The monoisotopic (exact) mass is 402 g/mol. The number of ether oxygens (including phenoxy) is 1. The highest BCUT2D eigenvalue weighted by molar-refractivity contribution is 7.99. The molecule has 144 valence electrons. The van der Waals surface area contributed by atoms with E-state index >= 15 is 0 Å². The number of nitrogens with zero attached hydrogens (tertiary/aromatic N) is 1. The lowest BCUT2D eigenvalue weighted by molar-refractivity contribution is 0.102. The third kappa shape index (κ3) is 4.17. The molecule has 0 unspecified atom stereocenters. The first-order chi connectivity index (χ1) is 14.3. The molecule has 0 aliphatic rings. The molecule has 0 saturated heterocycles. The van der Waals surface area contributed by atoms with Crippen LogP contribution in [0.2, 0.25) is 0 Å². The SMILES string of the molecule is COc1ccccc1-c1ocnc1C(=O)Nc1ccccc1Sc1ccccc1. The highest BCUT2D eigenvalue weighted by Gasteiger charge is 2.21. The van der Waals surface area contributed by atoms with E-state index in [-0.39, 0.29) is 11.6 Å². The Morgan fingerprint density at radius 1 is 0.966 bits per heavy atom. The van der Waals surface area contributed by atoms with Gasteiger partial charge in [0.25, 0.3) is 5.91 Å². The molecule has 1 amide bonds. The molecule has 0 bridgehead atoms. The highest BCUT2D eigenvalue weighted by Crippen LogP contribution is 2.35. The first-order valence-electron chi connectivity index (χ1n) is 8.96. The summed E-state index contributed by atoms with van der Waals surface area (Å²) in [7, 11) is 1.58. The molecule has 0 aliphatic carbocycles. The molecule has 1 heterocycles. The first-order valence-corrected chi connectivity index (χ1v) is 9.78. The number of anilines is 1. The van der Waals surface area contributed by atoms with Gasteiger partial charge in [-0.2, -0.15) is 0 Å². The predicted octanol–water partition coefficient (Wildman–Crippen LogP) is 5.75. The van der Waals surface area contributed by atoms with Crippen LogP contribution in [0.15, 0.2) is 99.5 Å². The maximum Gasteiger partial charge on any atom is 0.278 e. The molecule has 4 aromatic rings. The van der Waals surface area contributed by atoms with Crippen LogP contribution in [0.1, 0.15) is 10.5 Å². The quantitative estimate of drug-likeness (QED) is 0.445. The number of methoxy groups -OCH3 is 1. The first kappa shape index (κ1) is 18.8. The van der Waals surface area contributed by atoms with E-state index in [1.807, 2.05) is 78.9 Å². The zero-order valence-electron chi connectivity index (χ0n) is 15.7.